The summed E-state index contributed by atoms with van der Waals surface area (Å²) in [7, 11) is 0. The average Bonchev–Trinajstić information content (AvgIpc) is 3.12. The predicted molar refractivity (Wildman–Crippen MR) is 93.4 cm³/mol. The van der Waals surface area contributed by atoms with Crippen LogP contribution >= 0.6 is 0 Å². The maximum atomic E-state index is 12.3. The molecule has 26 heavy (non-hydrogen) atoms. The van der Waals surface area contributed by atoms with Crippen LogP contribution in [0.15, 0.2) is 53.1 Å². The number of hydrogen-bond acceptors (Lipinski definition) is 6. The first kappa shape index (κ1) is 17.3. The molecule has 0 bridgehead atoms. The third-order valence-electron chi connectivity index (χ3n) is 3.79. The van der Waals surface area contributed by atoms with Crippen LogP contribution in [0.25, 0.3) is 11.4 Å². The van der Waals surface area contributed by atoms with Gasteiger partial charge in [0, 0.05) is 23.3 Å². The van der Waals surface area contributed by atoms with E-state index in [0.717, 1.165) is 5.56 Å². The summed E-state index contributed by atoms with van der Waals surface area (Å²) in [5.41, 5.74) is 2.00. The molecule has 8 heteroatoms. The van der Waals surface area contributed by atoms with Gasteiger partial charge in [-0.25, -0.2) is 0 Å². The molecule has 0 saturated heterocycles. The van der Waals surface area contributed by atoms with E-state index < -0.39 is 11.0 Å². The van der Waals surface area contributed by atoms with Crippen molar-refractivity contribution in [3.05, 3.63) is 75.7 Å². The van der Waals surface area contributed by atoms with Gasteiger partial charge in [0.1, 0.15) is 6.04 Å². The molecule has 132 valence electrons. The summed E-state index contributed by atoms with van der Waals surface area (Å²) in [4.78, 5) is 26.9. The Morgan fingerprint density at radius 3 is 2.65 bits per heavy atom. The molecule has 1 aromatic heterocycles. The lowest BCUT2D eigenvalue weighted by Gasteiger charge is -2.09. The van der Waals surface area contributed by atoms with Gasteiger partial charge in [-0.2, -0.15) is 4.98 Å². The molecular formula is C18H16N4O4. The third kappa shape index (κ3) is 3.75. The maximum Gasteiger partial charge on any atom is 0.270 e. The van der Waals surface area contributed by atoms with Gasteiger partial charge < -0.3 is 9.84 Å². The SMILES string of the molecule is Cc1ccc(C(=O)N[C@H](C)c2nc(-c3cccc([N+](=O)[O-])c3)no2)cc1. The van der Waals surface area contributed by atoms with E-state index in [0.29, 0.717) is 11.1 Å². The number of rotatable bonds is 5. The smallest absolute Gasteiger partial charge is 0.270 e. The van der Waals surface area contributed by atoms with Crippen molar-refractivity contribution in [2.45, 2.75) is 19.9 Å². The van der Waals surface area contributed by atoms with Crippen LogP contribution in [0, 0.1) is 17.0 Å². The quantitative estimate of drug-likeness (QED) is 0.556. The van der Waals surface area contributed by atoms with Gasteiger partial charge in [0.2, 0.25) is 11.7 Å². The van der Waals surface area contributed by atoms with E-state index >= 15 is 0 Å². The van der Waals surface area contributed by atoms with Crippen molar-refractivity contribution in [2.24, 2.45) is 0 Å². The molecule has 0 unspecified atom stereocenters. The number of benzene rings is 2. The summed E-state index contributed by atoms with van der Waals surface area (Å²) >= 11 is 0. The van der Waals surface area contributed by atoms with Gasteiger partial charge in [0.25, 0.3) is 11.6 Å². The highest BCUT2D eigenvalue weighted by Gasteiger charge is 2.19. The summed E-state index contributed by atoms with van der Waals surface area (Å²) in [6, 6.07) is 12.6. The lowest BCUT2D eigenvalue weighted by Crippen LogP contribution is -2.26. The standard InChI is InChI=1S/C18H16N4O4/c1-11-6-8-13(9-7-11)17(23)19-12(2)18-20-16(21-26-18)14-4-3-5-15(10-14)22(24)25/h3-10,12H,1-2H3,(H,19,23)/t12-/m1/s1. The molecule has 0 radical (unpaired) electrons. The van der Waals surface area contributed by atoms with Crippen LogP contribution in [0.4, 0.5) is 5.69 Å². The Bertz CT molecular complexity index is 950. The zero-order valence-corrected chi connectivity index (χ0v) is 14.2. The molecule has 0 aliphatic heterocycles. The molecule has 1 amide bonds. The van der Waals surface area contributed by atoms with Gasteiger partial charge in [0.15, 0.2) is 0 Å². The maximum absolute atomic E-state index is 12.3. The first-order chi connectivity index (χ1) is 12.4. The van der Waals surface area contributed by atoms with Crippen LogP contribution in [0.2, 0.25) is 0 Å². The van der Waals surface area contributed by atoms with E-state index in [4.69, 9.17) is 4.52 Å². The van der Waals surface area contributed by atoms with Crippen LogP contribution in [0.1, 0.15) is 34.8 Å². The number of nitrogens with zero attached hydrogens (tertiary/aromatic N) is 3. The Morgan fingerprint density at radius 1 is 1.23 bits per heavy atom. The molecule has 0 aliphatic carbocycles. The summed E-state index contributed by atoms with van der Waals surface area (Å²) in [6.45, 7) is 3.66. The van der Waals surface area contributed by atoms with Crippen molar-refractivity contribution in [1.82, 2.24) is 15.5 Å². The lowest BCUT2D eigenvalue weighted by atomic mass is 10.1. The molecule has 3 aromatic rings. The number of aryl methyl sites for hydroxylation is 1. The Balaban J connectivity index is 1.74. The second-order valence-electron chi connectivity index (χ2n) is 5.82. The molecule has 0 aliphatic rings. The van der Waals surface area contributed by atoms with Gasteiger partial charge in [0.05, 0.1) is 4.92 Å². The van der Waals surface area contributed by atoms with Crippen molar-refractivity contribution in [3.8, 4) is 11.4 Å². The summed E-state index contributed by atoms with van der Waals surface area (Å²) in [5, 5.41) is 17.5. The highest BCUT2D eigenvalue weighted by Crippen LogP contribution is 2.23. The first-order valence-electron chi connectivity index (χ1n) is 7.90. The van der Waals surface area contributed by atoms with Gasteiger partial charge >= 0.3 is 0 Å². The Labute approximate surface area is 149 Å². The second-order valence-corrected chi connectivity index (χ2v) is 5.82. The van der Waals surface area contributed by atoms with Crippen molar-refractivity contribution >= 4 is 11.6 Å². The topological polar surface area (TPSA) is 111 Å². The third-order valence-corrected chi connectivity index (χ3v) is 3.79. The number of amides is 1. The zero-order valence-electron chi connectivity index (χ0n) is 14.2. The molecule has 0 spiro atoms. The van der Waals surface area contributed by atoms with Gasteiger partial charge in [-0.05, 0) is 26.0 Å². The first-order valence-corrected chi connectivity index (χ1v) is 7.90. The molecule has 1 atom stereocenters. The van der Waals surface area contributed by atoms with Crippen LogP contribution in [-0.4, -0.2) is 21.0 Å². The fourth-order valence-electron chi connectivity index (χ4n) is 2.33. The highest BCUT2D eigenvalue weighted by molar-refractivity contribution is 5.94. The Morgan fingerprint density at radius 2 is 1.96 bits per heavy atom. The minimum Gasteiger partial charge on any atom is -0.341 e. The van der Waals surface area contributed by atoms with Gasteiger partial charge in [-0.15, -0.1) is 0 Å². The van der Waals surface area contributed by atoms with Gasteiger partial charge in [-0.1, -0.05) is 35.0 Å². The highest BCUT2D eigenvalue weighted by atomic mass is 16.6. The van der Waals surface area contributed by atoms with Crippen molar-refractivity contribution in [2.75, 3.05) is 0 Å². The van der Waals surface area contributed by atoms with E-state index in [1.165, 1.54) is 12.1 Å². The number of nitro groups is 1. The van der Waals surface area contributed by atoms with Crippen LogP contribution in [0.3, 0.4) is 0 Å². The van der Waals surface area contributed by atoms with Crippen LogP contribution in [-0.2, 0) is 0 Å². The number of hydrogen-bond donors (Lipinski definition) is 1. The van der Waals surface area contributed by atoms with Crippen LogP contribution in [0.5, 0.6) is 0 Å². The second kappa shape index (κ2) is 7.14. The van der Waals surface area contributed by atoms with E-state index in [-0.39, 0.29) is 23.3 Å². The van der Waals surface area contributed by atoms with Crippen molar-refractivity contribution < 1.29 is 14.2 Å². The molecule has 8 nitrogen and oxygen atoms in total. The largest absolute Gasteiger partial charge is 0.341 e. The molecular weight excluding hydrogens is 336 g/mol. The molecule has 0 saturated carbocycles. The molecule has 3 rings (SSSR count). The van der Waals surface area contributed by atoms with Gasteiger partial charge in [-0.3, -0.25) is 14.9 Å². The normalized spacial score (nSPS) is 11.8. The number of nitro benzene ring substituents is 1. The number of carbonyl (C=O) groups is 1. The van der Waals surface area contributed by atoms with Crippen LogP contribution < -0.4 is 5.32 Å². The van der Waals surface area contributed by atoms with Crippen molar-refractivity contribution in [1.29, 1.82) is 0 Å². The van der Waals surface area contributed by atoms with E-state index in [1.807, 2.05) is 19.1 Å². The monoisotopic (exact) mass is 352 g/mol. The average molecular weight is 352 g/mol. The van der Waals surface area contributed by atoms with Crippen molar-refractivity contribution in [3.63, 3.8) is 0 Å². The fourth-order valence-corrected chi connectivity index (χ4v) is 2.33. The zero-order chi connectivity index (χ0) is 18.7. The molecule has 1 heterocycles. The van der Waals surface area contributed by atoms with E-state index in [1.54, 1.807) is 31.2 Å². The Kier molecular flexibility index (Phi) is 4.74. The van der Waals surface area contributed by atoms with E-state index in [2.05, 4.69) is 15.5 Å². The van der Waals surface area contributed by atoms with E-state index in [9.17, 15) is 14.9 Å². The molecule has 0 fully saturated rings. The number of aromatic nitrogens is 2. The number of non-ortho nitro benzene ring substituents is 1. The Hall–Kier alpha value is -3.55. The number of nitrogens with one attached hydrogen (secondary N) is 1. The predicted octanol–water partition coefficient (Wildman–Crippen LogP) is 3.44. The fraction of sp³-hybridized carbons (Fsp3) is 0.167. The lowest BCUT2D eigenvalue weighted by molar-refractivity contribution is -0.384. The summed E-state index contributed by atoms with van der Waals surface area (Å²) in [6.07, 6.45) is 0. The molecule has 2 aromatic carbocycles. The number of carbonyl (C=O) groups excluding carboxylic acids is 1. The minimum absolute atomic E-state index is 0.0606. The summed E-state index contributed by atoms with van der Waals surface area (Å²) in [5.74, 6) is 0.180. The minimum atomic E-state index is -0.510. The summed E-state index contributed by atoms with van der Waals surface area (Å²) < 4.78 is 5.19. The molecule has 1 N–H and O–H groups in total.